The zero-order valence-corrected chi connectivity index (χ0v) is 11.6. The molecule has 0 aliphatic rings. The Labute approximate surface area is 118 Å². The summed E-state index contributed by atoms with van der Waals surface area (Å²) >= 11 is 0. The number of anilines is 1. The third kappa shape index (κ3) is 3.36. The third-order valence-corrected chi connectivity index (χ3v) is 4.36. The molecule has 0 amide bonds. The lowest BCUT2D eigenvalue weighted by Gasteiger charge is -2.09. The number of sulfonamides is 1. The molecule has 0 aromatic heterocycles. The summed E-state index contributed by atoms with van der Waals surface area (Å²) in [6.45, 7) is 0.134. The van der Waals surface area contributed by atoms with Crippen molar-refractivity contribution in [2.24, 2.45) is 0 Å². The first-order chi connectivity index (χ1) is 9.53. The van der Waals surface area contributed by atoms with Crippen molar-refractivity contribution in [2.45, 2.75) is 18.0 Å². The largest absolute Gasteiger partial charge is 0.398 e. The van der Waals surface area contributed by atoms with E-state index >= 15 is 0 Å². The number of aliphatic hydroxyl groups is 1. The van der Waals surface area contributed by atoms with Crippen LogP contribution in [0.25, 0.3) is 0 Å². The maximum atomic E-state index is 12.1. The van der Waals surface area contributed by atoms with E-state index in [4.69, 9.17) is 10.8 Å². The van der Waals surface area contributed by atoms with Gasteiger partial charge in [-0.3, -0.25) is 0 Å². The number of benzene rings is 2. The van der Waals surface area contributed by atoms with Crippen molar-refractivity contribution < 1.29 is 13.5 Å². The standard InChI is InChI=1S/C14H16N2O3S/c15-13-3-1-2-4-14(13)20(18,19)16-9-11-5-7-12(10-17)8-6-11/h1-8,16-17H,9-10,15H2. The summed E-state index contributed by atoms with van der Waals surface area (Å²) in [4.78, 5) is 0.0759. The van der Waals surface area contributed by atoms with Crippen molar-refractivity contribution >= 4 is 15.7 Å². The first kappa shape index (κ1) is 14.5. The lowest BCUT2D eigenvalue weighted by molar-refractivity contribution is 0.282. The molecule has 0 radical (unpaired) electrons. The Morgan fingerprint density at radius 3 is 2.20 bits per heavy atom. The molecule has 0 atom stereocenters. The number of rotatable bonds is 5. The van der Waals surface area contributed by atoms with Crippen LogP contribution < -0.4 is 10.5 Å². The van der Waals surface area contributed by atoms with Crippen molar-refractivity contribution in [3.05, 3.63) is 59.7 Å². The van der Waals surface area contributed by atoms with E-state index in [1.165, 1.54) is 6.07 Å². The van der Waals surface area contributed by atoms with Crippen LogP contribution in [0.4, 0.5) is 5.69 Å². The maximum Gasteiger partial charge on any atom is 0.242 e. The number of nitrogens with one attached hydrogen (secondary N) is 1. The van der Waals surface area contributed by atoms with E-state index < -0.39 is 10.0 Å². The zero-order valence-electron chi connectivity index (χ0n) is 10.8. The Bertz CT molecular complexity index is 682. The maximum absolute atomic E-state index is 12.1. The molecule has 0 spiro atoms. The Kier molecular flexibility index (Phi) is 4.39. The van der Waals surface area contributed by atoms with Gasteiger partial charge in [-0.2, -0.15) is 0 Å². The van der Waals surface area contributed by atoms with Crippen LogP contribution in [-0.4, -0.2) is 13.5 Å². The molecular formula is C14H16N2O3S. The summed E-state index contributed by atoms with van der Waals surface area (Å²) in [7, 11) is -3.63. The Morgan fingerprint density at radius 1 is 1.00 bits per heavy atom. The molecule has 0 bridgehead atoms. The molecule has 0 fully saturated rings. The lowest BCUT2D eigenvalue weighted by atomic mass is 10.1. The highest BCUT2D eigenvalue weighted by atomic mass is 32.2. The van der Waals surface area contributed by atoms with E-state index in [1.807, 2.05) is 0 Å². The highest BCUT2D eigenvalue weighted by Crippen LogP contribution is 2.17. The van der Waals surface area contributed by atoms with Gasteiger partial charge in [0.25, 0.3) is 0 Å². The Hall–Kier alpha value is -1.89. The molecule has 2 aromatic carbocycles. The van der Waals surface area contributed by atoms with Gasteiger partial charge in [0, 0.05) is 6.54 Å². The summed E-state index contributed by atoms with van der Waals surface area (Å²) in [5.41, 5.74) is 7.47. The van der Waals surface area contributed by atoms with Crippen molar-refractivity contribution in [1.29, 1.82) is 0 Å². The second-order valence-electron chi connectivity index (χ2n) is 4.34. The van der Waals surface area contributed by atoms with Gasteiger partial charge in [0.05, 0.1) is 12.3 Å². The van der Waals surface area contributed by atoms with Crippen LogP contribution >= 0.6 is 0 Å². The van der Waals surface area contributed by atoms with Gasteiger partial charge in [-0.25, -0.2) is 13.1 Å². The number of nitrogen functional groups attached to an aromatic ring is 1. The predicted molar refractivity (Wildman–Crippen MR) is 77.2 cm³/mol. The summed E-state index contributed by atoms with van der Waals surface area (Å²) in [5.74, 6) is 0. The number of para-hydroxylation sites is 1. The smallest absolute Gasteiger partial charge is 0.242 e. The zero-order chi connectivity index (χ0) is 14.6. The fraction of sp³-hybridized carbons (Fsp3) is 0.143. The van der Waals surface area contributed by atoms with Gasteiger partial charge < -0.3 is 10.8 Å². The van der Waals surface area contributed by atoms with Gasteiger partial charge in [-0.15, -0.1) is 0 Å². The van der Waals surface area contributed by atoms with E-state index in [2.05, 4.69) is 4.72 Å². The lowest BCUT2D eigenvalue weighted by Crippen LogP contribution is -2.24. The SMILES string of the molecule is Nc1ccccc1S(=O)(=O)NCc1ccc(CO)cc1. The molecule has 0 aliphatic heterocycles. The second-order valence-corrected chi connectivity index (χ2v) is 6.07. The minimum absolute atomic E-state index is 0.0352. The summed E-state index contributed by atoms with van der Waals surface area (Å²) in [6, 6.07) is 13.4. The molecule has 20 heavy (non-hydrogen) atoms. The van der Waals surface area contributed by atoms with Crippen LogP contribution in [0.3, 0.4) is 0 Å². The van der Waals surface area contributed by atoms with Crippen LogP contribution in [0.2, 0.25) is 0 Å². The van der Waals surface area contributed by atoms with Crippen molar-refractivity contribution in [2.75, 3.05) is 5.73 Å². The summed E-state index contributed by atoms with van der Waals surface area (Å²) < 4.78 is 26.7. The highest BCUT2D eigenvalue weighted by molar-refractivity contribution is 7.89. The van der Waals surface area contributed by atoms with Gasteiger partial charge in [-0.1, -0.05) is 36.4 Å². The second kappa shape index (κ2) is 6.04. The van der Waals surface area contributed by atoms with Crippen molar-refractivity contribution in [3.63, 3.8) is 0 Å². The molecule has 5 nitrogen and oxygen atoms in total. The fourth-order valence-electron chi connectivity index (χ4n) is 1.74. The molecule has 0 saturated carbocycles. The molecule has 6 heteroatoms. The molecule has 4 N–H and O–H groups in total. The van der Waals surface area contributed by atoms with E-state index in [9.17, 15) is 8.42 Å². The average Bonchev–Trinajstić information content (AvgIpc) is 2.46. The van der Waals surface area contributed by atoms with Crippen molar-refractivity contribution in [1.82, 2.24) is 4.72 Å². The van der Waals surface area contributed by atoms with Crippen molar-refractivity contribution in [3.8, 4) is 0 Å². The Balaban J connectivity index is 2.11. The fourth-order valence-corrected chi connectivity index (χ4v) is 2.89. The Morgan fingerprint density at radius 2 is 1.60 bits per heavy atom. The van der Waals surface area contributed by atoms with Gasteiger partial charge in [0.1, 0.15) is 4.90 Å². The first-order valence-corrected chi connectivity index (χ1v) is 7.54. The van der Waals surface area contributed by atoms with Gasteiger partial charge >= 0.3 is 0 Å². The van der Waals surface area contributed by atoms with E-state index in [0.29, 0.717) is 0 Å². The number of hydrogen-bond donors (Lipinski definition) is 3. The molecule has 0 aliphatic carbocycles. The summed E-state index contributed by atoms with van der Waals surface area (Å²) in [6.07, 6.45) is 0. The summed E-state index contributed by atoms with van der Waals surface area (Å²) in [5, 5.41) is 8.94. The highest BCUT2D eigenvalue weighted by Gasteiger charge is 2.16. The van der Waals surface area contributed by atoms with E-state index in [0.717, 1.165) is 11.1 Å². The van der Waals surface area contributed by atoms with Crippen LogP contribution in [0.1, 0.15) is 11.1 Å². The topological polar surface area (TPSA) is 92.4 Å². The van der Waals surface area contributed by atoms with Gasteiger partial charge in [0.15, 0.2) is 0 Å². The molecule has 2 rings (SSSR count). The molecule has 0 saturated heterocycles. The third-order valence-electron chi connectivity index (χ3n) is 2.88. The monoisotopic (exact) mass is 292 g/mol. The normalized spacial score (nSPS) is 11.4. The van der Waals surface area contributed by atoms with Gasteiger partial charge in [-0.05, 0) is 23.3 Å². The number of nitrogens with two attached hydrogens (primary N) is 1. The molecule has 106 valence electrons. The minimum Gasteiger partial charge on any atom is -0.398 e. The predicted octanol–water partition coefficient (Wildman–Crippen LogP) is 1.24. The number of hydrogen-bond acceptors (Lipinski definition) is 4. The van der Waals surface area contributed by atoms with E-state index in [-0.39, 0.29) is 23.7 Å². The number of aliphatic hydroxyl groups excluding tert-OH is 1. The molecular weight excluding hydrogens is 276 g/mol. The molecule has 0 unspecified atom stereocenters. The van der Waals surface area contributed by atoms with Crippen LogP contribution in [0.15, 0.2) is 53.4 Å². The average molecular weight is 292 g/mol. The minimum atomic E-state index is -3.63. The molecule has 2 aromatic rings. The quantitative estimate of drug-likeness (QED) is 0.723. The van der Waals surface area contributed by atoms with Crippen LogP contribution in [0, 0.1) is 0 Å². The van der Waals surface area contributed by atoms with Crippen LogP contribution in [0.5, 0.6) is 0 Å². The van der Waals surface area contributed by atoms with Crippen LogP contribution in [-0.2, 0) is 23.2 Å². The van der Waals surface area contributed by atoms with Gasteiger partial charge in [0.2, 0.25) is 10.0 Å². The molecule has 0 heterocycles. The first-order valence-electron chi connectivity index (χ1n) is 6.06. The van der Waals surface area contributed by atoms with E-state index in [1.54, 1.807) is 42.5 Å².